The lowest BCUT2D eigenvalue weighted by Crippen LogP contribution is -2.26. The first kappa shape index (κ1) is 23.3. The average Bonchev–Trinajstić information content (AvgIpc) is 2.75. The maximum absolute atomic E-state index is 13.0. The molecule has 0 atom stereocenters. The molecular weight excluding hydrogens is 426 g/mol. The van der Waals surface area contributed by atoms with Crippen LogP contribution in [0.2, 0.25) is 0 Å². The number of carbonyl (C=O) groups is 1. The number of benzene rings is 3. The zero-order chi connectivity index (χ0) is 23.5. The first-order valence-corrected chi connectivity index (χ1v) is 11.6. The molecule has 0 amide bonds. The highest BCUT2D eigenvalue weighted by molar-refractivity contribution is 7.92. The summed E-state index contributed by atoms with van der Waals surface area (Å²) >= 11 is 0. The molecule has 0 bridgehead atoms. The van der Waals surface area contributed by atoms with Crippen molar-refractivity contribution in [2.75, 3.05) is 18.0 Å². The molecule has 0 heterocycles. The third-order valence-electron chi connectivity index (χ3n) is 5.24. The quantitative estimate of drug-likeness (QED) is 0.382. The number of esters is 1. The molecule has 0 spiro atoms. The molecule has 168 valence electrons. The van der Waals surface area contributed by atoms with E-state index in [9.17, 15) is 13.2 Å². The molecule has 0 unspecified atom stereocenters. The van der Waals surface area contributed by atoms with Gasteiger partial charge in [-0.25, -0.2) is 13.2 Å². The molecule has 32 heavy (non-hydrogen) atoms. The van der Waals surface area contributed by atoms with Gasteiger partial charge in [0, 0.05) is 7.05 Å². The van der Waals surface area contributed by atoms with Crippen molar-refractivity contribution in [3.8, 4) is 11.5 Å². The van der Waals surface area contributed by atoms with Gasteiger partial charge in [-0.15, -0.1) is 0 Å². The highest BCUT2D eigenvalue weighted by Crippen LogP contribution is 2.26. The van der Waals surface area contributed by atoms with Crippen molar-refractivity contribution in [3.05, 3.63) is 82.9 Å². The lowest BCUT2D eigenvalue weighted by molar-refractivity contribution is -0.136. The van der Waals surface area contributed by atoms with Gasteiger partial charge in [0.2, 0.25) is 0 Å². The largest absolute Gasteiger partial charge is 0.482 e. The highest BCUT2D eigenvalue weighted by atomic mass is 32.2. The van der Waals surface area contributed by atoms with E-state index < -0.39 is 16.0 Å². The van der Waals surface area contributed by atoms with Crippen LogP contribution in [-0.2, 0) is 14.8 Å². The summed E-state index contributed by atoms with van der Waals surface area (Å²) in [5.41, 5.74) is 4.44. The van der Waals surface area contributed by atoms with Gasteiger partial charge in [0.25, 0.3) is 10.0 Å². The monoisotopic (exact) mass is 453 g/mol. The number of sulfonamides is 1. The van der Waals surface area contributed by atoms with Crippen molar-refractivity contribution >= 4 is 21.7 Å². The number of carbonyl (C=O) groups excluding carboxylic acids is 1. The Labute approximate surface area is 189 Å². The molecule has 3 aromatic carbocycles. The lowest BCUT2D eigenvalue weighted by atomic mass is 10.1. The van der Waals surface area contributed by atoms with Gasteiger partial charge in [0.15, 0.2) is 6.61 Å². The first-order chi connectivity index (χ1) is 15.1. The van der Waals surface area contributed by atoms with E-state index in [4.69, 9.17) is 9.47 Å². The van der Waals surface area contributed by atoms with Crippen LogP contribution in [0.4, 0.5) is 5.69 Å². The second-order valence-corrected chi connectivity index (χ2v) is 9.71. The minimum absolute atomic E-state index is 0.224. The number of nitrogens with zero attached hydrogens (tertiary/aromatic N) is 1. The van der Waals surface area contributed by atoms with Gasteiger partial charge < -0.3 is 9.47 Å². The molecule has 0 aliphatic rings. The normalized spacial score (nSPS) is 11.2. The topological polar surface area (TPSA) is 72.9 Å². The van der Waals surface area contributed by atoms with Crippen molar-refractivity contribution in [1.29, 1.82) is 0 Å². The molecule has 0 fully saturated rings. The van der Waals surface area contributed by atoms with Crippen LogP contribution in [0.1, 0.15) is 22.3 Å². The van der Waals surface area contributed by atoms with Gasteiger partial charge >= 0.3 is 5.97 Å². The van der Waals surface area contributed by atoms with E-state index in [1.165, 1.54) is 11.4 Å². The third kappa shape index (κ3) is 5.29. The fourth-order valence-electron chi connectivity index (χ4n) is 3.15. The average molecular weight is 454 g/mol. The Morgan fingerprint density at radius 3 is 2.16 bits per heavy atom. The van der Waals surface area contributed by atoms with Crippen molar-refractivity contribution in [3.63, 3.8) is 0 Å². The third-order valence-corrected chi connectivity index (χ3v) is 7.03. The summed E-state index contributed by atoms with van der Waals surface area (Å²) in [6.45, 7) is 7.48. The molecule has 0 N–H and O–H groups in total. The Kier molecular flexibility index (Phi) is 6.89. The molecule has 0 saturated heterocycles. The zero-order valence-corrected chi connectivity index (χ0v) is 19.7. The number of rotatable bonds is 7. The van der Waals surface area contributed by atoms with E-state index in [0.29, 0.717) is 17.2 Å². The van der Waals surface area contributed by atoms with Crippen LogP contribution in [0, 0.1) is 27.7 Å². The zero-order valence-electron chi connectivity index (χ0n) is 18.9. The summed E-state index contributed by atoms with van der Waals surface area (Å²) in [6, 6.07) is 17.0. The molecule has 0 aromatic heterocycles. The number of hydrogen-bond acceptors (Lipinski definition) is 5. The molecule has 3 rings (SSSR count). The number of hydrogen-bond donors (Lipinski definition) is 0. The summed E-state index contributed by atoms with van der Waals surface area (Å²) in [4.78, 5) is 12.4. The second-order valence-electron chi connectivity index (χ2n) is 7.74. The van der Waals surface area contributed by atoms with Gasteiger partial charge in [0.1, 0.15) is 11.5 Å². The van der Waals surface area contributed by atoms with Crippen molar-refractivity contribution in [2.24, 2.45) is 0 Å². The fourth-order valence-corrected chi connectivity index (χ4v) is 4.44. The summed E-state index contributed by atoms with van der Waals surface area (Å²) in [5, 5.41) is 0. The Balaban J connectivity index is 1.64. The molecular formula is C25H27NO5S. The van der Waals surface area contributed by atoms with E-state index in [2.05, 4.69) is 0 Å². The fraction of sp³-hybridized carbons (Fsp3) is 0.240. The number of anilines is 1. The second kappa shape index (κ2) is 9.44. The minimum Gasteiger partial charge on any atom is -0.482 e. The lowest BCUT2D eigenvalue weighted by Gasteiger charge is -2.20. The van der Waals surface area contributed by atoms with Crippen LogP contribution in [0.15, 0.2) is 65.6 Å². The van der Waals surface area contributed by atoms with Crippen molar-refractivity contribution < 1.29 is 22.7 Å². The smallest absolute Gasteiger partial charge is 0.349 e. The van der Waals surface area contributed by atoms with Crippen LogP contribution in [0.5, 0.6) is 11.5 Å². The van der Waals surface area contributed by atoms with E-state index >= 15 is 0 Å². The van der Waals surface area contributed by atoms with Gasteiger partial charge in [0.05, 0.1) is 10.6 Å². The Morgan fingerprint density at radius 2 is 1.53 bits per heavy atom. The van der Waals surface area contributed by atoms with E-state index in [1.54, 1.807) is 42.5 Å². The van der Waals surface area contributed by atoms with Gasteiger partial charge in [-0.1, -0.05) is 23.8 Å². The standard InChI is InChI=1S/C25H27NO5S/c1-17-6-13-24(20(4)14-17)30-16-25(27)31-22-10-8-21(9-11-22)26(5)32(28,29)23-12-7-18(2)19(3)15-23/h6-15H,16H2,1-5H3. The van der Waals surface area contributed by atoms with E-state index in [0.717, 1.165) is 22.3 Å². The summed E-state index contributed by atoms with van der Waals surface area (Å²) < 4.78 is 37.9. The highest BCUT2D eigenvalue weighted by Gasteiger charge is 2.22. The first-order valence-electron chi connectivity index (χ1n) is 10.1. The number of aryl methyl sites for hydroxylation is 4. The molecule has 0 aliphatic carbocycles. The molecule has 0 aliphatic heterocycles. The molecule has 7 heteroatoms. The van der Waals surface area contributed by atoms with E-state index in [1.807, 2.05) is 45.9 Å². The van der Waals surface area contributed by atoms with Crippen LogP contribution in [-0.4, -0.2) is 28.0 Å². The van der Waals surface area contributed by atoms with Crippen LogP contribution >= 0.6 is 0 Å². The maximum Gasteiger partial charge on any atom is 0.349 e. The summed E-state index contributed by atoms with van der Waals surface area (Å²) in [5.74, 6) is 0.384. The maximum atomic E-state index is 13.0. The minimum atomic E-state index is -3.71. The SMILES string of the molecule is Cc1ccc(OCC(=O)Oc2ccc(N(C)S(=O)(=O)c3ccc(C)c(C)c3)cc2)c(C)c1. The Morgan fingerprint density at radius 1 is 0.844 bits per heavy atom. The van der Waals surface area contributed by atoms with Gasteiger partial charge in [-0.05, 0) is 86.8 Å². The molecule has 6 nitrogen and oxygen atoms in total. The van der Waals surface area contributed by atoms with Gasteiger partial charge in [-0.3, -0.25) is 4.31 Å². The Bertz CT molecular complexity index is 1230. The van der Waals surface area contributed by atoms with E-state index in [-0.39, 0.29) is 11.5 Å². The molecule has 0 saturated carbocycles. The summed E-state index contributed by atoms with van der Waals surface area (Å²) in [7, 11) is -2.22. The van der Waals surface area contributed by atoms with Crippen LogP contribution < -0.4 is 13.8 Å². The van der Waals surface area contributed by atoms with Crippen molar-refractivity contribution in [2.45, 2.75) is 32.6 Å². The number of ether oxygens (including phenoxy) is 2. The molecule has 3 aromatic rings. The van der Waals surface area contributed by atoms with Crippen LogP contribution in [0.3, 0.4) is 0 Å². The Hall–Kier alpha value is -3.32. The van der Waals surface area contributed by atoms with Crippen molar-refractivity contribution in [1.82, 2.24) is 0 Å². The van der Waals surface area contributed by atoms with Gasteiger partial charge in [-0.2, -0.15) is 0 Å². The predicted octanol–water partition coefficient (Wildman–Crippen LogP) is 4.73. The summed E-state index contributed by atoms with van der Waals surface area (Å²) in [6.07, 6.45) is 0. The molecule has 0 radical (unpaired) electrons. The predicted molar refractivity (Wildman–Crippen MR) is 125 cm³/mol. The van der Waals surface area contributed by atoms with Crippen LogP contribution in [0.25, 0.3) is 0 Å².